The lowest BCUT2D eigenvalue weighted by molar-refractivity contribution is 0.220. The third-order valence-corrected chi connectivity index (χ3v) is 3.74. The minimum Gasteiger partial charge on any atom is -0.324 e. The van der Waals surface area contributed by atoms with Crippen LogP contribution in [0.5, 0.6) is 0 Å². The Balaban J connectivity index is 2.54. The molecule has 2 atom stereocenters. The largest absolute Gasteiger partial charge is 0.324 e. The van der Waals surface area contributed by atoms with E-state index in [1.54, 1.807) is 6.07 Å². The van der Waals surface area contributed by atoms with Gasteiger partial charge < -0.3 is 10.6 Å². The molecule has 0 bridgehead atoms. The van der Waals surface area contributed by atoms with Gasteiger partial charge in [-0.1, -0.05) is 26.0 Å². The Hall–Kier alpha value is -1.00. The minimum absolute atomic E-state index is 0.259. The van der Waals surface area contributed by atoms with Crippen molar-refractivity contribution in [2.24, 2.45) is 11.7 Å². The summed E-state index contributed by atoms with van der Waals surface area (Å²) in [5.74, 6) is -1.01. The Kier molecular flexibility index (Phi) is 6.56. The molecule has 2 unspecified atom stereocenters. The fourth-order valence-electron chi connectivity index (χ4n) is 2.39. The van der Waals surface area contributed by atoms with Gasteiger partial charge >= 0.3 is 0 Å². The summed E-state index contributed by atoms with van der Waals surface area (Å²) in [5.41, 5.74) is 6.24. The smallest absolute Gasteiger partial charge is 0.163 e. The number of hydrogen-bond donors (Lipinski definition) is 1. The Morgan fingerprint density at radius 2 is 1.85 bits per heavy atom. The molecule has 0 radical (unpaired) electrons. The van der Waals surface area contributed by atoms with Gasteiger partial charge in [0.25, 0.3) is 0 Å². The molecule has 1 aromatic rings. The summed E-state index contributed by atoms with van der Waals surface area (Å²) in [5, 5.41) is 0. The monoisotopic (exact) mass is 284 g/mol. The number of nitrogens with zero attached hydrogens (tertiary/aromatic N) is 1. The van der Waals surface area contributed by atoms with Crippen LogP contribution in [-0.4, -0.2) is 24.5 Å². The van der Waals surface area contributed by atoms with Gasteiger partial charge in [0.2, 0.25) is 0 Å². The molecule has 2 N–H and O–H groups in total. The molecule has 0 aliphatic rings. The van der Waals surface area contributed by atoms with E-state index in [2.05, 4.69) is 25.7 Å². The van der Waals surface area contributed by atoms with Gasteiger partial charge in [-0.05, 0) is 45.3 Å². The zero-order valence-electron chi connectivity index (χ0n) is 12.9. The molecule has 1 aromatic carbocycles. The summed E-state index contributed by atoms with van der Waals surface area (Å²) >= 11 is 0. The molecule has 0 aromatic heterocycles. The Morgan fingerprint density at radius 3 is 2.45 bits per heavy atom. The van der Waals surface area contributed by atoms with E-state index in [0.29, 0.717) is 18.4 Å². The molecule has 0 aliphatic carbocycles. The van der Waals surface area contributed by atoms with E-state index in [9.17, 15) is 8.78 Å². The Labute approximate surface area is 121 Å². The molecular formula is C16H26F2N2. The van der Waals surface area contributed by atoms with Crippen LogP contribution in [-0.2, 0) is 0 Å². The minimum atomic E-state index is -0.834. The van der Waals surface area contributed by atoms with E-state index in [4.69, 9.17) is 5.73 Å². The summed E-state index contributed by atoms with van der Waals surface area (Å²) < 4.78 is 26.8. The zero-order valence-corrected chi connectivity index (χ0v) is 12.9. The molecule has 4 heteroatoms. The molecule has 20 heavy (non-hydrogen) atoms. The van der Waals surface area contributed by atoms with Crippen LogP contribution in [0.25, 0.3) is 0 Å². The van der Waals surface area contributed by atoms with Crippen LogP contribution in [0.15, 0.2) is 18.2 Å². The van der Waals surface area contributed by atoms with E-state index >= 15 is 0 Å². The SMILES string of the molecule is CC(C)CC(C)N(C)CCC(N)c1cccc(F)c1F. The average Bonchev–Trinajstić information content (AvgIpc) is 2.37. The van der Waals surface area contributed by atoms with E-state index in [1.165, 1.54) is 6.07 Å². The summed E-state index contributed by atoms with van der Waals surface area (Å²) in [6, 6.07) is 4.15. The number of nitrogens with two attached hydrogens (primary N) is 1. The van der Waals surface area contributed by atoms with Crippen molar-refractivity contribution < 1.29 is 8.78 Å². The maximum Gasteiger partial charge on any atom is 0.163 e. The standard InChI is InChI=1S/C16H26F2N2/c1-11(2)10-12(3)20(4)9-8-15(19)13-6-5-7-14(17)16(13)18/h5-7,11-12,15H,8-10,19H2,1-4H3. The third kappa shape index (κ3) is 4.84. The summed E-state index contributed by atoms with van der Waals surface area (Å²) in [4.78, 5) is 2.22. The van der Waals surface area contributed by atoms with Crippen molar-refractivity contribution in [3.63, 3.8) is 0 Å². The second kappa shape index (κ2) is 7.70. The zero-order chi connectivity index (χ0) is 15.3. The van der Waals surface area contributed by atoms with Gasteiger partial charge in [0.15, 0.2) is 11.6 Å². The van der Waals surface area contributed by atoms with Crippen molar-refractivity contribution >= 4 is 0 Å². The lowest BCUT2D eigenvalue weighted by atomic mass is 10.0. The van der Waals surface area contributed by atoms with Crippen molar-refractivity contribution in [3.8, 4) is 0 Å². The second-order valence-corrected chi connectivity index (χ2v) is 6.00. The highest BCUT2D eigenvalue weighted by Crippen LogP contribution is 2.21. The van der Waals surface area contributed by atoms with E-state index in [0.717, 1.165) is 19.0 Å². The predicted octanol–water partition coefficient (Wildman–Crippen LogP) is 3.72. The fourth-order valence-corrected chi connectivity index (χ4v) is 2.39. The van der Waals surface area contributed by atoms with Crippen LogP contribution >= 0.6 is 0 Å². The number of benzene rings is 1. The molecular weight excluding hydrogens is 258 g/mol. The van der Waals surface area contributed by atoms with Gasteiger partial charge in [-0.2, -0.15) is 0 Å². The molecule has 0 amide bonds. The molecule has 0 spiro atoms. The Bertz CT molecular complexity index is 421. The summed E-state index contributed by atoms with van der Waals surface area (Å²) in [7, 11) is 2.04. The van der Waals surface area contributed by atoms with Crippen molar-refractivity contribution in [1.82, 2.24) is 4.90 Å². The van der Waals surface area contributed by atoms with Gasteiger partial charge in [0.05, 0.1) is 0 Å². The lowest BCUT2D eigenvalue weighted by Gasteiger charge is -2.27. The maximum absolute atomic E-state index is 13.6. The fraction of sp³-hybridized carbons (Fsp3) is 0.625. The van der Waals surface area contributed by atoms with Gasteiger partial charge in [-0.15, -0.1) is 0 Å². The van der Waals surface area contributed by atoms with E-state index in [1.807, 2.05) is 7.05 Å². The molecule has 0 saturated heterocycles. The molecule has 2 nitrogen and oxygen atoms in total. The highest BCUT2D eigenvalue weighted by atomic mass is 19.2. The molecule has 0 fully saturated rings. The van der Waals surface area contributed by atoms with Crippen LogP contribution in [0.2, 0.25) is 0 Å². The van der Waals surface area contributed by atoms with Crippen LogP contribution in [0, 0.1) is 17.6 Å². The Morgan fingerprint density at radius 1 is 1.20 bits per heavy atom. The van der Waals surface area contributed by atoms with Crippen LogP contribution in [0.3, 0.4) is 0 Å². The van der Waals surface area contributed by atoms with Crippen LogP contribution in [0.1, 0.15) is 45.2 Å². The molecule has 0 saturated carbocycles. The predicted molar refractivity (Wildman–Crippen MR) is 79.5 cm³/mol. The first-order valence-corrected chi connectivity index (χ1v) is 7.22. The van der Waals surface area contributed by atoms with Crippen molar-refractivity contribution in [2.45, 2.75) is 45.7 Å². The quantitative estimate of drug-likeness (QED) is 0.827. The normalized spacial score (nSPS) is 14.8. The average molecular weight is 284 g/mol. The lowest BCUT2D eigenvalue weighted by Crippen LogP contribution is -2.32. The van der Waals surface area contributed by atoms with Crippen LogP contribution < -0.4 is 5.73 Å². The third-order valence-electron chi connectivity index (χ3n) is 3.74. The number of halogens is 2. The first-order chi connectivity index (χ1) is 9.32. The van der Waals surface area contributed by atoms with Gasteiger partial charge in [0.1, 0.15) is 0 Å². The van der Waals surface area contributed by atoms with Gasteiger partial charge in [-0.3, -0.25) is 0 Å². The topological polar surface area (TPSA) is 29.3 Å². The molecule has 0 aliphatic heterocycles. The second-order valence-electron chi connectivity index (χ2n) is 6.00. The summed E-state index contributed by atoms with van der Waals surface area (Å²) in [6.07, 6.45) is 1.72. The highest BCUT2D eigenvalue weighted by Gasteiger charge is 2.17. The van der Waals surface area contributed by atoms with Gasteiger partial charge in [-0.25, -0.2) is 8.78 Å². The summed E-state index contributed by atoms with van der Waals surface area (Å²) in [6.45, 7) is 7.33. The first-order valence-electron chi connectivity index (χ1n) is 7.22. The van der Waals surface area contributed by atoms with Crippen LogP contribution in [0.4, 0.5) is 8.78 Å². The highest BCUT2D eigenvalue weighted by molar-refractivity contribution is 5.22. The van der Waals surface area contributed by atoms with Crippen molar-refractivity contribution in [3.05, 3.63) is 35.4 Å². The number of hydrogen-bond acceptors (Lipinski definition) is 2. The molecule has 0 heterocycles. The number of rotatable bonds is 7. The van der Waals surface area contributed by atoms with E-state index < -0.39 is 17.7 Å². The van der Waals surface area contributed by atoms with E-state index in [-0.39, 0.29) is 5.56 Å². The van der Waals surface area contributed by atoms with Crippen molar-refractivity contribution in [1.29, 1.82) is 0 Å². The van der Waals surface area contributed by atoms with Gasteiger partial charge in [0, 0.05) is 17.6 Å². The molecule has 1 rings (SSSR count). The van der Waals surface area contributed by atoms with Crippen molar-refractivity contribution in [2.75, 3.05) is 13.6 Å². The molecule has 114 valence electrons. The first kappa shape index (κ1) is 17.1. The maximum atomic E-state index is 13.6.